The number of benzene rings is 1. The highest BCUT2D eigenvalue weighted by Crippen LogP contribution is 2.18. The number of carbonyl (C=O) groups excluding carboxylic acids is 1. The molecule has 1 fully saturated rings. The zero-order valence-corrected chi connectivity index (χ0v) is 11.7. The van der Waals surface area contributed by atoms with Crippen LogP contribution in [0.3, 0.4) is 0 Å². The van der Waals surface area contributed by atoms with E-state index in [-0.39, 0.29) is 11.5 Å². The number of carbonyl (C=O) groups is 1. The molecule has 5 heteroatoms. The Morgan fingerprint density at radius 2 is 2.35 bits per heavy atom. The third-order valence-electron chi connectivity index (χ3n) is 3.77. The molecule has 20 heavy (non-hydrogen) atoms. The summed E-state index contributed by atoms with van der Waals surface area (Å²) in [6, 6.07) is 3.62. The average molecular weight is 280 g/mol. The van der Waals surface area contributed by atoms with Crippen molar-refractivity contribution in [3.05, 3.63) is 29.6 Å². The Balaban J connectivity index is 1.78. The second-order valence-corrected chi connectivity index (χ2v) is 5.48. The standard InChI is InChI=1S/C15H21FN2O2/c1-18-8-2-3-11(10-18)6-7-17-15(20)12-4-5-13(16)14(19)9-12/h4-5,9,11,19H,2-3,6-8,10H2,1H3,(H,17,20)/t11-/m1/s1. The third-order valence-corrected chi connectivity index (χ3v) is 3.77. The van der Waals surface area contributed by atoms with Crippen LogP contribution in [-0.4, -0.2) is 42.6 Å². The predicted octanol–water partition coefficient (Wildman–Crippen LogP) is 1.99. The van der Waals surface area contributed by atoms with Crippen molar-refractivity contribution in [3.8, 4) is 5.75 Å². The fraction of sp³-hybridized carbons (Fsp3) is 0.533. The van der Waals surface area contributed by atoms with Crippen molar-refractivity contribution < 1.29 is 14.3 Å². The Labute approximate surface area is 118 Å². The van der Waals surface area contributed by atoms with Crippen LogP contribution in [0.2, 0.25) is 0 Å². The van der Waals surface area contributed by atoms with Gasteiger partial charge in [-0.25, -0.2) is 4.39 Å². The van der Waals surface area contributed by atoms with E-state index < -0.39 is 11.6 Å². The number of phenols is 1. The summed E-state index contributed by atoms with van der Waals surface area (Å²) >= 11 is 0. The van der Waals surface area contributed by atoms with Gasteiger partial charge in [-0.1, -0.05) is 0 Å². The first-order valence-corrected chi connectivity index (χ1v) is 7.01. The molecule has 0 radical (unpaired) electrons. The van der Waals surface area contributed by atoms with Gasteiger partial charge in [0.15, 0.2) is 11.6 Å². The number of amides is 1. The molecule has 1 aliphatic rings. The summed E-state index contributed by atoms with van der Waals surface area (Å²) < 4.78 is 12.9. The summed E-state index contributed by atoms with van der Waals surface area (Å²) in [5, 5.41) is 12.1. The van der Waals surface area contributed by atoms with Gasteiger partial charge in [-0.2, -0.15) is 0 Å². The molecule has 0 unspecified atom stereocenters. The van der Waals surface area contributed by atoms with Gasteiger partial charge in [-0.15, -0.1) is 0 Å². The molecule has 0 saturated carbocycles. The van der Waals surface area contributed by atoms with E-state index in [1.807, 2.05) is 0 Å². The van der Waals surface area contributed by atoms with Crippen LogP contribution in [0, 0.1) is 11.7 Å². The number of nitrogens with one attached hydrogen (secondary N) is 1. The topological polar surface area (TPSA) is 52.6 Å². The number of hydrogen-bond acceptors (Lipinski definition) is 3. The molecular formula is C15H21FN2O2. The molecule has 2 N–H and O–H groups in total. The average Bonchev–Trinajstić information content (AvgIpc) is 2.42. The van der Waals surface area contributed by atoms with Gasteiger partial charge in [-0.3, -0.25) is 4.79 Å². The van der Waals surface area contributed by atoms with Gasteiger partial charge in [0.25, 0.3) is 5.91 Å². The summed E-state index contributed by atoms with van der Waals surface area (Å²) in [7, 11) is 2.12. The van der Waals surface area contributed by atoms with Gasteiger partial charge in [-0.05, 0) is 57.0 Å². The lowest BCUT2D eigenvalue weighted by atomic mass is 9.95. The molecule has 1 heterocycles. The zero-order chi connectivity index (χ0) is 14.5. The first-order chi connectivity index (χ1) is 9.56. The molecule has 0 aromatic heterocycles. The minimum atomic E-state index is -0.716. The van der Waals surface area contributed by atoms with Crippen molar-refractivity contribution in [2.75, 3.05) is 26.7 Å². The normalized spacial score (nSPS) is 19.8. The van der Waals surface area contributed by atoms with Crippen LogP contribution in [0.5, 0.6) is 5.75 Å². The van der Waals surface area contributed by atoms with E-state index in [1.165, 1.54) is 18.9 Å². The van der Waals surface area contributed by atoms with Crippen molar-refractivity contribution in [1.82, 2.24) is 10.2 Å². The molecule has 0 spiro atoms. The van der Waals surface area contributed by atoms with Crippen LogP contribution in [0.15, 0.2) is 18.2 Å². The number of rotatable bonds is 4. The maximum atomic E-state index is 12.9. The zero-order valence-electron chi connectivity index (χ0n) is 11.7. The van der Waals surface area contributed by atoms with Gasteiger partial charge >= 0.3 is 0 Å². The van der Waals surface area contributed by atoms with E-state index in [0.29, 0.717) is 12.5 Å². The predicted molar refractivity (Wildman–Crippen MR) is 75.2 cm³/mol. The van der Waals surface area contributed by atoms with Crippen molar-refractivity contribution in [3.63, 3.8) is 0 Å². The second-order valence-electron chi connectivity index (χ2n) is 5.48. The smallest absolute Gasteiger partial charge is 0.251 e. The number of nitrogens with zero attached hydrogens (tertiary/aromatic N) is 1. The molecule has 1 saturated heterocycles. The van der Waals surface area contributed by atoms with E-state index in [0.717, 1.165) is 31.6 Å². The Kier molecular flexibility index (Phi) is 4.95. The van der Waals surface area contributed by atoms with Crippen LogP contribution in [0.1, 0.15) is 29.6 Å². The van der Waals surface area contributed by atoms with E-state index in [9.17, 15) is 14.3 Å². The number of halogens is 1. The number of likely N-dealkylation sites (tertiary alicyclic amines) is 1. The summed E-state index contributed by atoms with van der Waals surface area (Å²) in [6.07, 6.45) is 3.36. The first-order valence-electron chi connectivity index (χ1n) is 7.01. The lowest BCUT2D eigenvalue weighted by molar-refractivity contribution is 0.0948. The first kappa shape index (κ1) is 14.8. The van der Waals surface area contributed by atoms with Crippen LogP contribution in [0.25, 0.3) is 0 Å². The van der Waals surface area contributed by atoms with Gasteiger partial charge in [0.2, 0.25) is 0 Å². The van der Waals surface area contributed by atoms with E-state index in [4.69, 9.17) is 0 Å². The Bertz CT molecular complexity index is 479. The number of hydrogen-bond donors (Lipinski definition) is 2. The molecule has 4 nitrogen and oxygen atoms in total. The maximum Gasteiger partial charge on any atom is 0.251 e. The molecule has 110 valence electrons. The molecule has 1 atom stereocenters. The SMILES string of the molecule is CN1CCC[C@H](CCNC(=O)c2ccc(F)c(O)c2)C1. The van der Waals surface area contributed by atoms with E-state index >= 15 is 0 Å². The van der Waals surface area contributed by atoms with Crippen molar-refractivity contribution in [2.24, 2.45) is 5.92 Å². The molecule has 2 rings (SSSR count). The van der Waals surface area contributed by atoms with Crippen LogP contribution in [0.4, 0.5) is 4.39 Å². The molecule has 1 aromatic rings. The number of phenolic OH excluding ortho intramolecular Hbond substituents is 1. The van der Waals surface area contributed by atoms with Crippen molar-refractivity contribution in [1.29, 1.82) is 0 Å². The Morgan fingerprint density at radius 1 is 1.55 bits per heavy atom. The monoisotopic (exact) mass is 280 g/mol. The van der Waals surface area contributed by atoms with Crippen LogP contribution in [-0.2, 0) is 0 Å². The van der Waals surface area contributed by atoms with Gasteiger partial charge in [0.05, 0.1) is 0 Å². The molecule has 0 aliphatic carbocycles. The highest BCUT2D eigenvalue weighted by atomic mass is 19.1. The maximum absolute atomic E-state index is 12.9. The largest absolute Gasteiger partial charge is 0.505 e. The summed E-state index contributed by atoms with van der Waals surface area (Å²) in [4.78, 5) is 14.2. The minimum absolute atomic E-state index is 0.274. The van der Waals surface area contributed by atoms with Crippen LogP contribution < -0.4 is 5.32 Å². The fourth-order valence-corrected chi connectivity index (χ4v) is 2.65. The molecular weight excluding hydrogens is 259 g/mol. The Morgan fingerprint density at radius 3 is 3.05 bits per heavy atom. The lowest BCUT2D eigenvalue weighted by Crippen LogP contribution is -2.34. The minimum Gasteiger partial charge on any atom is -0.505 e. The summed E-state index contributed by atoms with van der Waals surface area (Å²) in [6.45, 7) is 2.83. The fourth-order valence-electron chi connectivity index (χ4n) is 2.65. The van der Waals surface area contributed by atoms with Crippen LogP contribution >= 0.6 is 0 Å². The van der Waals surface area contributed by atoms with Crippen molar-refractivity contribution in [2.45, 2.75) is 19.3 Å². The van der Waals surface area contributed by atoms with Crippen molar-refractivity contribution >= 4 is 5.91 Å². The summed E-state index contributed by atoms with van der Waals surface area (Å²) in [5.41, 5.74) is 0.282. The van der Waals surface area contributed by atoms with E-state index in [2.05, 4.69) is 17.3 Å². The molecule has 1 aliphatic heterocycles. The quantitative estimate of drug-likeness (QED) is 0.887. The van der Waals surface area contributed by atoms with Gasteiger partial charge in [0.1, 0.15) is 0 Å². The molecule has 1 aromatic carbocycles. The summed E-state index contributed by atoms with van der Waals surface area (Å²) in [5.74, 6) is -0.863. The van der Waals surface area contributed by atoms with E-state index in [1.54, 1.807) is 0 Å². The highest BCUT2D eigenvalue weighted by Gasteiger charge is 2.17. The number of aromatic hydroxyl groups is 1. The third kappa shape index (κ3) is 3.93. The lowest BCUT2D eigenvalue weighted by Gasteiger charge is -2.29. The Hall–Kier alpha value is -1.62. The number of piperidine rings is 1. The van der Waals surface area contributed by atoms with Gasteiger partial charge in [0, 0.05) is 18.7 Å². The molecule has 1 amide bonds. The highest BCUT2D eigenvalue weighted by molar-refractivity contribution is 5.94. The van der Waals surface area contributed by atoms with Gasteiger partial charge < -0.3 is 15.3 Å². The second kappa shape index (κ2) is 6.70. The molecule has 0 bridgehead atoms.